The number of aryl methyl sites for hydroxylation is 1. The molecule has 0 aliphatic rings. The molecule has 0 radical (unpaired) electrons. The van der Waals surface area contributed by atoms with Crippen LogP contribution >= 0.6 is 11.6 Å². The van der Waals surface area contributed by atoms with Crippen LogP contribution in [-0.2, 0) is 0 Å². The number of aromatic nitrogens is 2. The summed E-state index contributed by atoms with van der Waals surface area (Å²) < 4.78 is 6.92. The van der Waals surface area contributed by atoms with Gasteiger partial charge >= 0.3 is 0 Å². The van der Waals surface area contributed by atoms with Gasteiger partial charge in [-0.3, -0.25) is 0 Å². The molecule has 0 fully saturated rings. The minimum atomic E-state index is 0.371. The topological polar surface area (TPSA) is 65.4 Å². The van der Waals surface area contributed by atoms with Crippen LogP contribution in [0, 0.1) is 6.92 Å². The summed E-state index contributed by atoms with van der Waals surface area (Å²) in [6, 6.07) is 7.56. The number of halogens is 1. The minimum absolute atomic E-state index is 0.371. The van der Waals surface area contributed by atoms with E-state index in [1.807, 2.05) is 31.2 Å². The lowest BCUT2D eigenvalue weighted by atomic mass is 10.2. The highest BCUT2D eigenvalue weighted by Crippen LogP contribution is 2.11. The van der Waals surface area contributed by atoms with E-state index < -0.39 is 0 Å². The maximum absolute atomic E-state index is 5.69. The molecule has 0 spiro atoms. The van der Waals surface area contributed by atoms with Gasteiger partial charge in [0.15, 0.2) is 0 Å². The van der Waals surface area contributed by atoms with E-state index in [2.05, 4.69) is 10.1 Å². The molecule has 0 aliphatic heterocycles. The molecule has 0 saturated heterocycles. The molecule has 0 bridgehead atoms. The summed E-state index contributed by atoms with van der Waals surface area (Å²) in [5.74, 6) is 1.63. The van der Waals surface area contributed by atoms with Crippen molar-refractivity contribution >= 4 is 23.8 Å². The van der Waals surface area contributed by atoms with E-state index in [1.54, 1.807) is 12.4 Å². The zero-order chi connectivity index (χ0) is 13.7. The number of rotatable bonds is 5. The Morgan fingerprint density at radius 3 is 2.74 bits per heavy atom. The van der Waals surface area contributed by atoms with E-state index >= 15 is 0 Å². The van der Waals surface area contributed by atoms with Crippen LogP contribution < -0.4 is 10.5 Å². The second kappa shape index (κ2) is 6.24. The Hall–Kier alpha value is -2.01. The Balaban J connectivity index is 2.05. The van der Waals surface area contributed by atoms with Crippen LogP contribution in [0.15, 0.2) is 35.6 Å². The Bertz CT molecular complexity index is 563. The van der Waals surface area contributed by atoms with E-state index in [4.69, 9.17) is 22.1 Å². The molecule has 2 aromatic rings. The largest absolute Gasteiger partial charge is 0.492 e. The Kier molecular flexibility index (Phi) is 4.41. The van der Waals surface area contributed by atoms with Crippen molar-refractivity contribution in [3.05, 3.63) is 41.7 Å². The standard InChI is InChI=1S/C13H15ClN4O/c1-10-9-18(13(15)17-10)16-8-11-2-4-12(5-3-11)19-7-6-14/h2-5,8-9H,6-7H2,1H3,(H2,15,17). The van der Waals surface area contributed by atoms with Crippen LogP contribution in [-0.4, -0.2) is 28.4 Å². The van der Waals surface area contributed by atoms with Crippen LogP contribution in [0.25, 0.3) is 0 Å². The third-order valence-corrected chi connectivity index (χ3v) is 2.55. The van der Waals surface area contributed by atoms with Crippen molar-refractivity contribution in [1.82, 2.24) is 9.66 Å². The highest BCUT2D eigenvalue weighted by atomic mass is 35.5. The SMILES string of the molecule is Cc1cn(N=Cc2ccc(OCCCl)cc2)c(N)n1. The van der Waals surface area contributed by atoms with Crippen LogP contribution in [0.3, 0.4) is 0 Å². The molecule has 0 atom stereocenters. The van der Waals surface area contributed by atoms with Gasteiger partial charge in [-0.05, 0) is 36.8 Å². The number of nitrogens with two attached hydrogens (primary N) is 1. The number of benzene rings is 1. The van der Waals surface area contributed by atoms with Crippen molar-refractivity contribution in [2.75, 3.05) is 18.2 Å². The molecule has 1 aromatic carbocycles. The third-order valence-electron chi connectivity index (χ3n) is 2.39. The summed E-state index contributed by atoms with van der Waals surface area (Å²) >= 11 is 5.55. The molecule has 0 saturated carbocycles. The number of nitrogens with zero attached hydrogens (tertiary/aromatic N) is 3. The van der Waals surface area contributed by atoms with Gasteiger partial charge in [-0.15, -0.1) is 11.6 Å². The normalized spacial score (nSPS) is 11.1. The summed E-state index contributed by atoms with van der Waals surface area (Å²) in [7, 11) is 0. The van der Waals surface area contributed by atoms with Gasteiger partial charge in [0.2, 0.25) is 5.95 Å². The molecule has 2 rings (SSSR count). The zero-order valence-corrected chi connectivity index (χ0v) is 11.3. The van der Waals surface area contributed by atoms with Crippen molar-refractivity contribution in [2.45, 2.75) is 6.92 Å². The van der Waals surface area contributed by atoms with Crippen molar-refractivity contribution in [1.29, 1.82) is 0 Å². The Morgan fingerprint density at radius 2 is 2.16 bits per heavy atom. The third kappa shape index (κ3) is 3.72. The Labute approximate surface area is 116 Å². The van der Waals surface area contributed by atoms with Crippen LogP contribution in [0.5, 0.6) is 5.75 Å². The number of hydrogen-bond acceptors (Lipinski definition) is 4. The fourth-order valence-electron chi connectivity index (χ4n) is 1.53. The number of imidazole rings is 1. The fourth-order valence-corrected chi connectivity index (χ4v) is 1.61. The average molecular weight is 279 g/mol. The molecule has 5 nitrogen and oxygen atoms in total. The first kappa shape index (κ1) is 13.4. The number of nitrogen functional groups attached to an aromatic ring is 1. The lowest BCUT2D eigenvalue weighted by Crippen LogP contribution is -1.98. The van der Waals surface area contributed by atoms with Crippen molar-refractivity contribution < 1.29 is 4.74 Å². The molecule has 6 heteroatoms. The van der Waals surface area contributed by atoms with Crippen molar-refractivity contribution in [2.24, 2.45) is 5.10 Å². The maximum Gasteiger partial charge on any atom is 0.221 e. The van der Waals surface area contributed by atoms with Gasteiger partial charge in [-0.2, -0.15) is 5.10 Å². The summed E-state index contributed by atoms with van der Waals surface area (Å²) in [5, 5.41) is 4.23. The van der Waals surface area contributed by atoms with Gasteiger partial charge in [0.25, 0.3) is 0 Å². The average Bonchev–Trinajstić information content (AvgIpc) is 2.73. The predicted molar refractivity (Wildman–Crippen MR) is 77.0 cm³/mol. The quantitative estimate of drug-likeness (QED) is 0.674. The van der Waals surface area contributed by atoms with Crippen LogP contribution in [0.2, 0.25) is 0 Å². The number of anilines is 1. The lowest BCUT2D eigenvalue weighted by molar-refractivity contribution is 0.343. The van der Waals surface area contributed by atoms with Crippen molar-refractivity contribution in [3.63, 3.8) is 0 Å². The molecule has 2 N–H and O–H groups in total. The molecule has 100 valence electrons. The Morgan fingerprint density at radius 1 is 1.42 bits per heavy atom. The zero-order valence-electron chi connectivity index (χ0n) is 10.6. The molecule has 1 aromatic heterocycles. The number of hydrogen-bond donors (Lipinski definition) is 1. The predicted octanol–water partition coefficient (Wildman–Crippen LogP) is 2.27. The van der Waals surface area contributed by atoms with E-state index in [0.717, 1.165) is 17.0 Å². The van der Waals surface area contributed by atoms with Gasteiger partial charge < -0.3 is 10.5 Å². The molecule has 0 aliphatic carbocycles. The second-order valence-electron chi connectivity index (χ2n) is 3.94. The minimum Gasteiger partial charge on any atom is -0.492 e. The molecule has 0 amide bonds. The van der Waals surface area contributed by atoms with Gasteiger partial charge in [-0.25, -0.2) is 9.66 Å². The first-order valence-electron chi connectivity index (χ1n) is 5.83. The fraction of sp³-hybridized carbons (Fsp3) is 0.231. The first-order chi connectivity index (χ1) is 9.19. The van der Waals surface area contributed by atoms with E-state index in [1.165, 1.54) is 4.68 Å². The first-order valence-corrected chi connectivity index (χ1v) is 6.37. The monoisotopic (exact) mass is 278 g/mol. The maximum atomic E-state index is 5.69. The molecule has 19 heavy (non-hydrogen) atoms. The lowest BCUT2D eigenvalue weighted by Gasteiger charge is -2.03. The summed E-state index contributed by atoms with van der Waals surface area (Å²) in [5.41, 5.74) is 7.47. The smallest absolute Gasteiger partial charge is 0.221 e. The van der Waals surface area contributed by atoms with Crippen LogP contribution in [0.4, 0.5) is 5.95 Å². The molecular formula is C13H15ClN4O. The van der Waals surface area contributed by atoms with Crippen molar-refractivity contribution in [3.8, 4) is 5.75 Å². The van der Waals surface area contributed by atoms with Crippen LogP contribution in [0.1, 0.15) is 11.3 Å². The van der Waals surface area contributed by atoms with E-state index in [-0.39, 0.29) is 0 Å². The summed E-state index contributed by atoms with van der Waals surface area (Å²) in [4.78, 5) is 4.07. The van der Waals surface area contributed by atoms with Gasteiger partial charge in [0.1, 0.15) is 12.4 Å². The van der Waals surface area contributed by atoms with Gasteiger partial charge in [0, 0.05) is 0 Å². The highest BCUT2D eigenvalue weighted by molar-refractivity contribution is 6.18. The van der Waals surface area contributed by atoms with E-state index in [9.17, 15) is 0 Å². The molecule has 0 unspecified atom stereocenters. The van der Waals surface area contributed by atoms with E-state index in [0.29, 0.717) is 18.4 Å². The summed E-state index contributed by atoms with van der Waals surface area (Å²) in [6.45, 7) is 2.37. The van der Waals surface area contributed by atoms with Gasteiger partial charge in [0.05, 0.1) is 24.0 Å². The second-order valence-corrected chi connectivity index (χ2v) is 4.31. The molecular weight excluding hydrogens is 264 g/mol. The molecule has 1 heterocycles. The summed E-state index contributed by atoms with van der Waals surface area (Å²) in [6.07, 6.45) is 3.48. The number of alkyl halides is 1. The number of ether oxygens (including phenoxy) is 1. The highest BCUT2D eigenvalue weighted by Gasteiger charge is 1.98. The van der Waals surface area contributed by atoms with Gasteiger partial charge in [-0.1, -0.05) is 0 Å².